The van der Waals surface area contributed by atoms with Gasteiger partial charge in [-0.2, -0.15) is 0 Å². The standard InChI is InChI=1S/C20H15NO2/c1-13-6-8-14(9-7-13)20(23)21-18-5-3-2-4-16(18)17-11-10-15(22)12-19(17)21/h2-12,22H,1H3. The predicted octanol–water partition coefficient (Wildman–Crippen LogP) is 4.50. The van der Waals surface area contributed by atoms with Gasteiger partial charge in [0.15, 0.2) is 0 Å². The second-order valence-electron chi connectivity index (χ2n) is 5.73. The fourth-order valence-electron chi connectivity index (χ4n) is 3.00. The fraction of sp³-hybridized carbons (Fsp3) is 0.0500. The number of para-hydroxylation sites is 1. The van der Waals surface area contributed by atoms with Gasteiger partial charge in [0, 0.05) is 22.4 Å². The molecule has 4 aromatic rings. The summed E-state index contributed by atoms with van der Waals surface area (Å²) < 4.78 is 1.68. The molecule has 112 valence electrons. The first kappa shape index (κ1) is 13.6. The molecule has 3 aromatic carbocycles. The largest absolute Gasteiger partial charge is 0.508 e. The average molecular weight is 301 g/mol. The maximum absolute atomic E-state index is 13.0. The van der Waals surface area contributed by atoms with Crippen LogP contribution >= 0.6 is 0 Å². The van der Waals surface area contributed by atoms with Gasteiger partial charge in [0.1, 0.15) is 5.75 Å². The molecule has 0 atom stereocenters. The number of aromatic nitrogens is 1. The smallest absolute Gasteiger partial charge is 0.262 e. The average Bonchev–Trinajstić information content (AvgIpc) is 2.88. The van der Waals surface area contributed by atoms with E-state index in [0.717, 1.165) is 27.4 Å². The number of nitrogens with zero attached hydrogens (tertiary/aromatic N) is 1. The van der Waals surface area contributed by atoms with Crippen molar-refractivity contribution in [2.24, 2.45) is 0 Å². The van der Waals surface area contributed by atoms with Crippen molar-refractivity contribution in [1.82, 2.24) is 4.57 Å². The molecule has 0 aliphatic carbocycles. The number of hydrogen-bond acceptors (Lipinski definition) is 2. The number of hydrogen-bond donors (Lipinski definition) is 1. The van der Waals surface area contributed by atoms with Crippen LogP contribution in [0.4, 0.5) is 0 Å². The van der Waals surface area contributed by atoms with Gasteiger partial charge < -0.3 is 5.11 Å². The van der Waals surface area contributed by atoms with Crippen LogP contribution in [-0.4, -0.2) is 15.6 Å². The molecule has 1 N–H and O–H groups in total. The number of rotatable bonds is 1. The third kappa shape index (κ3) is 2.09. The van der Waals surface area contributed by atoms with Crippen molar-refractivity contribution in [1.29, 1.82) is 0 Å². The molecule has 0 unspecified atom stereocenters. The molecule has 3 heteroatoms. The minimum Gasteiger partial charge on any atom is -0.508 e. The number of benzene rings is 3. The zero-order valence-corrected chi connectivity index (χ0v) is 12.7. The summed E-state index contributed by atoms with van der Waals surface area (Å²) in [5.41, 5.74) is 3.30. The van der Waals surface area contributed by atoms with E-state index >= 15 is 0 Å². The molecule has 0 aliphatic rings. The summed E-state index contributed by atoms with van der Waals surface area (Å²) in [5.74, 6) is 0.0556. The molecule has 4 rings (SSSR count). The maximum Gasteiger partial charge on any atom is 0.262 e. The molecule has 23 heavy (non-hydrogen) atoms. The first-order valence-corrected chi connectivity index (χ1v) is 7.49. The first-order chi connectivity index (χ1) is 11.1. The second kappa shape index (κ2) is 4.99. The Labute approximate surface area is 133 Å². The molecule has 0 fully saturated rings. The summed E-state index contributed by atoms with van der Waals surface area (Å²) in [6, 6.07) is 20.5. The first-order valence-electron chi connectivity index (χ1n) is 7.49. The Morgan fingerprint density at radius 3 is 2.35 bits per heavy atom. The van der Waals surface area contributed by atoms with Crippen LogP contribution in [0.1, 0.15) is 15.9 Å². The lowest BCUT2D eigenvalue weighted by molar-refractivity contribution is 0.0969. The van der Waals surface area contributed by atoms with Crippen molar-refractivity contribution in [3.63, 3.8) is 0 Å². The third-order valence-corrected chi connectivity index (χ3v) is 4.16. The van der Waals surface area contributed by atoms with E-state index < -0.39 is 0 Å². The van der Waals surface area contributed by atoms with E-state index in [1.54, 1.807) is 16.7 Å². The maximum atomic E-state index is 13.0. The molecular weight excluding hydrogens is 286 g/mol. The summed E-state index contributed by atoms with van der Waals surface area (Å²) in [4.78, 5) is 13.0. The van der Waals surface area contributed by atoms with Crippen LogP contribution in [0.25, 0.3) is 21.8 Å². The van der Waals surface area contributed by atoms with Crippen molar-refractivity contribution >= 4 is 27.7 Å². The summed E-state index contributed by atoms with van der Waals surface area (Å²) in [7, 11) is 0. The lowest BCUT2D eigenvalue weighted by Gasteiger charge is -2.07. The highest BCUT2D eigenvalue weighted by Gasteiger charge is 2.17. The van der Waals surface area contributed by atoms with Gasteiger partial charge in [-0.15, -0.1) is 0 Å². The van der Waals surface area contributed by atoms with Crippen molar-refractivity contribution < 1.29 is 9.90 Å². The minimum absolute atomic E-state index is 0.0956. The number of carbonyl (C=O) groups excluding carboxylic acids is 1. The monoisotopic (exact) mass is 301 g/mol. The summed E-state index contributed by atoms with van der Waals surface area (Å²) in [6.07, 6.45) is 0. The third-order valence-electron chi connectivity index (χ3n) is 4.16. The Morgan fingerprint density at radius 1 is 0.870 bits per heavy atom. The highest BCUT2D eigenvalue weighted by molar-refractivity contribution is 6.16. The highest BCUT2D eigenvalue weighted by Crippen LogP contribution is 2.31. The van der Waals surface area contributed by atoms with Crippen LogP contribution in [0, 0.1) is 6.92 Å². The highest BCUT2D eigenvalue weighted by atomic mass is 16.3. The number of phenols is 1. The van der Waals surface area contributed by atoms with Gasteiger partial charge in [0.05, 0.1) is 11.0 Å². The van der Waals surface area contributed by atoms with Crippen LogP contribution in [-0.2, 0) is 0 Å². The SMILES string of the molecule is Cc1ccc(C(=O)n2c3ccccc3c3ccc(O)cc32)cc1. The quantitative estimate of drug-likeness (QED) is 0.562. The Bertz CT molecular complexity index is 1040. The van der Waals surface area contributed by atoms with E-state index in [1.165, 1.54) is 0 Å². The zero-order valence-electron chi connectivity index (χ0n) is 12.7. The van der Waals surface area contributed by atoms with Gasteiger partial charge >= 0.3 is 0 Å². The van der Waals surface area contributed by atoms with Crippen LogP contribution in [0.15, 0.2) is 66.7 Å². The molecule has 0 saturated carbocycles. The minimum atomic E-state index is -0.0956. The summed E-state index contributed by atoms with van der Waals surface area (Å²) >= 11 is 0. The van der Waals surface area contributed by atoms with E-state index in [4.69, 9.17) is 0 Å². The predicted molar refractivity (Wildman–Crippen MR) is 92.0 cm³/mol. The van der Waals surface area contributed by atoms with Crippen LogP contribution in [0.5, 0.6) is 5.75 Å². The van der Waals surface area contributed by atoms with Crippen LogP contribution < -0.4 is 0 Å². The van der Waals surface area contributed by atoms with Gasteiger partial charge in [-0.1, -0.05) is 35.9 Å². The van der Waals surface area contributed by atoms with Crippen LogP contribution in [0.3, 0.4) is 0 Å². The van der Waals surface area contributed by atoms with Gasteiger partial charge in [0.2, 0.25) is 0 Å². The van der Waals surface area contributed by atoms with E-state index in [9.17, 15) is 9.90 Å². The molecule has 0 radical (unpaired) electrons. The molecule has 0 aliphatic heterocycles. The van der Waals surface area contributed by atoms with Crippen molar-refractivity contribution in [3.05, 3.63) is 77.9 Å². The van der Waals surface area contributed by atoms with E-state index in [0.29, 0.717) is 5.56 Å². The normalized spacial score (nSPS) is 11.2. The molecular formula is C20H15NO2. The van der Waals surface area contributed by atoms with E-state index in [-0.39, 0.29) is 11.7 Å². The summed E-state index contributed by atoms with van der Waals surface area (Å²) in [5, 5.41) is 11.8. The summed E-state index contributed by atoms with van der Waals surface area (Å²) in [6.45, 7) is 1.99. The molecule has 1 heterocycles. The number of aromatic hydroxyl groups is 1. The molecule has 0 amide bonds. The zero-order chi connectivity index (χ0) is 16.0. The lowest BCUT2D eigenvalue weighted by atomic mass is 10.1. The van der Waals surface area contributed by atoms with Gasteiger partial charge in [-0.05, 0) is 37.3 Å². The van der Waals surface area contributed by atoms with E-state index in [2.05, 4.69) is 0 Å². The van der Waals surface area contributed by atoms with Gasteiger partial charge in [-0.25, -0.2) is 0 Å². The number of aryl methyl sites for hydroxylation is 1. The van der Waals surface area contributed by atoms with Crippen molar-refractivity contribution in [2.75, 3.05) is 0 Å². The van der Waals surface area contributed by atoms with Gasteiger partial charge in [-0.3, -0.25) is 9.36 Å². The Kier molecular flexibility index (Phi) is 2.95. The molecule has 0 saturated heterocycles. The van der Waals surface area contributed by atoms with Gasteiger partial charge in [0.25, 0.3) is 5.91 Å². The molecule has 0 bridgehead atoms. The molecule has 3 nitrogen and oxygen atoms in total. The Balaban J connectivity index is 2.05. The number of phenolic OH excluding ortho intramolecular Hbond substituents is 1. The van der Waals surface area contributed by atoms with Crippen molar-refractivity contribution in [2.45, 2.75) is 6.92 Å². The fourth-order valence-corrected chi connectivity index (χ4v) is 3.00. The number of fused-ring (bicyclic) bond motifs is 3. The van der Waals surface area contributed by atoms with Crippen molar-refractivity contribution in [3.8, 4) is 5.75 Å². The Morgan fingerprint density at radius 2 is 1.57 bits per heavy atom. The van der Waals surface area contributed by atoms with E-state index in [1.807, 2.05) is 61.5 Å². The molecule has 0 spiro atoms. The topological polar surface area (TPSA) is 42.2 Å². The lowest BCUT2D eigenvalue weighted by Crippen LogP contribution is -2.11. The second-order valence-corrected chi connectivity index (χ2v) is 5.73. The van der Waals surface area contributed by atoms with Crippen LogP contribution in [0.2, 0.25) is 0 Å². The number of carbonyl (C=O) groups is 1. The molecule has 1 aromatic heterocycles. The Hall–Kier alpha value is -3.07.